The Kier molecular flexibility index (Phi) is 2.60. The summed E-state index contributed by atoms with van der Waals surface area (Å²) in [7, 11) is 0. The number of hydrogen-bond acceptors (Lipinski definition) is 4. The molecule has 0 amide bonds. The van der Waals surface area contributed by atoms with Crippen LogP contribution in [0.25, 0.3) is 5.65 Å². The molecule has 0 unspecified atom stereocenters. The van der Waals surface area contributed by atoms with Crippen molar-refractivity contribution >= 4 is 17.2 Å². The highest BCUT2D eigenvalue weighted by molar-refractivity contribution is 6.29. The third-order valence-corrected chi connectivity index (χ3v) is 2.05. The first-order valence-corrected chi connectivity index (χ1v) is 4.67. The monoisotopic (exact) mass is 212 g/mol. The Morgan fingerprint density at radius 2 is 2.21 bits per heavy atom. The summed E-state index contributed by atoms with van der Waals surface area (Å²) in [5.41, 5.74) is 0.669. The van der Waals surface area contributed by atoms with E-state index in [2.05, 4.69) is 15.3 Å². The average molecular weight is 213 g/mol. The molecule has 2 aromatic rings. The van der Waals surface area contributed by atoms with Gasteiger partial charge in [-0.1, -0.05) is 11.6 Å². The standard InChI is InChI=1S/C8H9ClN4O/c9-6-3-4-8-11-10-7(2-1-5-14)13(8)12-6/h3-4,14H,1-2,5H2. The minimum absolute atomic E-state index is 0.134. The molecule has 0 aromatic carbocycles. The van der Waals surface area contributed by atoms with E-state index in [0.717, 1.165) is 5.82 Å². The molecule has 2 rings (SSSR count). The van der Waals surface area contributed by atoms with E-state index in [1.54, 1.807) is 16.6 Å². The summed E-state index contributed by atoms with van der Waals surface area (Å²) < 4.78 is 1.60. The number of rotatable bonds is 3. The van der Waals surface area contributed by atoms with Gasteiger partial charge in [-0.3, -0.25) is 0 Å². The summed E-state index contributed by atoms with van der Waals surface area (Å²) in [5, 5.41) is 21.0. The molecule has 74 valence electrons. The van der Waals surface area contributed by atoms with Crippen molar-refractivity contribution in [1.82, 2.24) is 19.8 Å². The molecule has 0 atom stereocenters. The summed E-state index contributed by atoms with van der Waals surface area (Å²) in [5.74, 6) is 0.719. The van der Waals surface area contributed by atoms with E-state index in [4.69, 9.17) is 16.7 Å². The number of aromatic nitrogens is 4. The highest BCUT2D eigenvalue weighted by atomic mass is 35.5. The first-order chi connectivity index (χ1) is 6.81. The lowest BCUT2D eigenvalue weighted by Gasteiger charge is -1.96. The topological polar surface area (TPSA) is 63.3 Å². The van der Waals surface area contributed by atoms with Crippen LogP contribution in [-0.4, -0.2) is 31.5 Å². The zero-order valence-electron chi connectivity index (χ0n) is 7.39. The molecule has 1 N–H and O–H groups in total. The molecular weight excluding hydrogens is 204 g/mol. The molecule has 2 aromatic heterocycles. The maximum Gasteiger partial charge on any atom is 0.178 e. The molecule has 0 saturated heterocycles. The first-order valence-electron chi connectivity index (χ1n) is 4.29. The van der Waals surface area contributed by atoms with E-state index in [1.807, 2.05) is 0 Å². The number of aryl methyl sites for hydroxylation is 1. The van der Waals surface area contributed by atoms with Crippen LogP contribution in [0.15, 0.2) is 12.1 Å². The fourth-order valence-electron chi connectivity index (χ4n) is 1.20. The maximum absolute atomic E-state index is 8.69. The van der Waals surface area contributed by atoms with Gasteiger partial charge in [-0.25, -0.2) is 0 Å². The Labute approximate surface area is 85.3 Å². The largest absolute Gasteiger partial charge is 0.396 e. The second-order valence-corrected chi connectivity index (χ2v) is 3.26. The second-order valence-electron chi connectivity index (χ2n) is 2.87. The van der Waals surface area contributed by atoms with E-state index in [9.17, 15) is 0 Å². The third-order valence-electron chi connectivity index (χ3n) is 1.85. The van der Waals surface area contributed by atoms with Crippen LogP contribution in [0, 0.1) is 0 Å². The fourth-order valence-corrected chi connectivity index (χ4v) is 1.34. The summed E-state index contributed by atoms with van der Waals surface area (Å²) in [6.07, 6.45) is 1.29. The van der Waals surface area contributed by atoms with Gasteiger partial charge in [-0.05, 0) is 18.6 Å². The van der Waals surface area contributed by atoms with Gasteiger partial charge in [0.2, 0.25) is 0 Å². The van der Waals surface area contributed by atoms with Crippen LogP contribution in [0.3, 0.4) is 0 Å². The number of fused-ring (bicyclic) bond motifs is 1. The van der Waals surface area contributed by atoms with Gasteiger partial charge in [0, 0.05) is 13.0 Å². The SMILES string of the molecule is OCCCc1nnc2ccc(Cl)nn12. The number of aliphatic hydroxyl groups is 1. The molecular formula is C8H9ClN4O. The van der Waals surface area contributed by atoms with Gasteiger partial charge in [-0.2, -0.15) is 9.61 Å². The van der Waals surface area contributed by atoms with Gasteiger partial charge in [0.1, 0.15) is 5.15 Å². The van der Waals surface area contributed by atoms with Gasteiger partial charge in [-0.15, -0.1) is 10.2 Å². The molecule has 0 spiro atoms. The molecule has 14 heavy (non-hydrogen) atoms. The Morgan fingerprint density at radius 1 is 1.36 bits per heavy atom. The summed E-state index contributed by atoms with van der Waals surface area (Å²) in [4.78, 5) is 0. The van der Waals surface area contributed by atoms with E-state index < -0.39 is 0 Å². The molecule has 0 fully saturated rings. The predicted octanol–water partition coefficient (Wildman–Crippen LogP) is 0.703. The number of aliphatic hydroxyl groups excluding tert-OH is 1. The Morgan fingerprint density at radius 3 is 3.00 bits per heavy atom. The molecule has 0 aliphatic heterocycles. The van der Waals surface area contributed by atoms with Crippen LogP contribution in [0.2, 0.25) is 5.15 Å². The number of nitrogens with zero attached hydrogens (tertiary/aromatic N) is 4. The Bertz CT molecular complexity index is 442. The van der Waals surface area contributed by atoms with Crippen molar-refractivity contribution in [2.75, 3.05) is 6.61 Å². The first kappa shape index (κ1) is 9.36. The molecule has 6 heteroatoms. The van der Waals surface area contributed by atoms with Gasteiger partial charge in [0.05, 0.1) is 0 Å². The molecule has 5 nitrogen and oxygen atoms in total. The van der Waals surface area contributed by atoms with Crippen LogP contribution in [0.1, 0.15) is 12.2 Å². The number of hydrogen-bond donors (Lipinski definition) is 1. The highest BCUT2D eigenvalue weighted by Gasteiger charge is 2.05. The third kappa shape index (κ3) is 1.69. The zero-order chi connectivity index (χ0) is 9.97. The molecule has 2 heterocycles. The second kappa shape index (κ2) is 3.89. The van der Waals surface area contributed by atoms with Gasteiger partial charge >= 0.3 is 0 Å². The molecule has 0 aliphatic carbocycles. The van der Waals surface area contributed by atoms with Gasteiger partial charge in [0.25, 0.3) is 0 Å². The van der Waals surface area contributed by atoms with E-state index >= 15 is 0 Å². The van der Waals surface area contributed by atoms with E-state index in [1.165, 1.54) is 0 Å². The van der Waals surface area contributed by atoms with Crippen molar-refractivity contribution in [2.45, 2.75) is 12.8 Å². The fraction of sp³-hybridized carbons (Fsp3) is 0.375. The van der Waals surface area contributed by atoms with Crippen molar-refractivity contribution in [3.63, 3.8) is 0 Å². The van der Waals surface area contributed by atoms with Crippen LogP contribution >= 0.6 is 11.6 Å². The van der Waals surface area contributed by atoms with Crippen molar-refractivity contribution < 1.29 is 5.11 Å². The average Bonchev–Trinajstić information content (AvgIpc) is 2.57. The number of halogens is 1. The summed E-state index contributed by atoms with van der Waals surface area (Å²) >= 11 is 5.74. The van der Waals surface area contributed by atoms with E-state index in [0.29, 0.717) is 23.6 Å². The summed E-state index contributed by atoms with van der Waals surface area (Å²) in [6.45, 7) is 0.134. The lowest BCUT2D eigenvalue weighted by Crippen LogP contribution is -2.00. The molecule has 0 saturated carbocycles. The smallest absolute Gasteiger partial charge is 0.178 e. The minimum Gasteiger partial charge on any atom is -0.396 e. The normalized spacial score (nSPS) is 11.0. The van der Waals surface area contributed by atoms with Crippen molar-refractivity contribution in [3.05, 3.63) is 23.1 Å². The van der Waals surface area contributed by atoms with Crippen molar-refractivity contribution in [3.8, 4) is 0 Å². The van der Waals surface area contributed by atoms with Crippen molar-refractivity contribution in [2.24, 2.45) is 0 Å². The molecule has 0 bridgehead atoms. The van der Waals surface area contributed by atoms with Gasteiger partial charge < -0.3 is 5.11 Å². The van der Waals surface area contributed by atoms with Gasteiger partial charge in [0.15, 0.2) is 11.5 Å². The van der Waals surface area contributed by atoms with Crippen LogP contribution in [0.4, 0.5) is 0 Å². The molecule has 0 aliphatic rings. The quantitative estimate of drug-likeness (QED) is 0.814. The van der Waals surface area contributed by atoms with Crippen molar-refractivity contribution in [1.29, 1.82) is 0 Å². The van der Waals surface area contributed by atoms with Crippen LogP contribution < -0.4 is 0 Å². The summed E-state index contributed by atoms with van der Waals surface area (Å²) in [6, 6.07) is 3.42. The highest BCUT2D eigenvalue weighted by Crippen LogP contribution is 2.08. The lowest BCUT2D eigenvalue weighted by molar-refractivity contribution is 0.287. The predicted molar refractivity (Wildman–Crippen MR) is 51.2 cm³/mol. The van der Waals surface area contributed by atoms with Crippen LogP contribution in [-0.2, 0) is 6.42 Å². The van der Waals surface area contributed by atoms with Crippen LogP contribution in [0.5, 0.6) is 0 Å². The zero-order valence-corrected chi connectivity index (χ0v) is 8.15. The lowest BCUT2D eigenvalue weighted by atomic mass is 10.3. The Hall–Kier alpha value is -1.20. The Balaban J connectivity index is 2.40. The van der Waals surface area contributed by atoms with E-state index in [-0.39, 0.29) is 6.61 Å². The maximum atomic E-state index is 8.69. The minimum atomic E-state index is 0.134. The molecule has 0 radical (unpaired) electrons.